The molecule has 0 N–H and O–H groups in total. The first kappa shape index (κ1) is 30.4. The molecule has 0 spiro atoms. The van der Waals surface area contributed by atoms with Gasteiger partial charge in [-0.25, -0.2) is 0 Å². The number of fused-ring (bicyclic) bond motifs is 2. The van der Waals surface area contributed by atoms with Crippen molar-refractivity contribution in [3.8, 4) is 44.5 Å². The van der Waals surface area contributed by atoms with Crippen LogP contribution in [0.2, 0.25) is 0 Å². The molecule has 240 valence electrons. The summed E-state index contributed by atoms with van der Waals surface area (Å²) in [5.74, 6) is 0. The smallest absolute Gasteiger partial charge is 0.0540 e. The predicted molar refractivity (Wildman–Crippen MR) is 218 cm³/mol. The summed E-state index contributed by atoms with van der Waals surface area (Å²) in [6.45, 7) is 0. The predicted octanol–water partition coefficient (Wildman–Crippen LogP) is 14.1. The van der Waals surface area contributed by atoms with Crippen LogP contribution < -0.4 is 4.90 Å². The quantitative estimate of drug-likeness (QED) is 0.166. The van der Waals surface area contributed by atoms with E-state index in [0.717, 1.165) is 17.1 Å². The van der Waals surface area contributed by atoms with E-state index in [1.807, 2.05) is 0 Å². The molecule has 1 nitrogen and oxygen atoms in total. The van der Waals surface area contributed by atoms with E-state index in [0.29, 0.717) is 0 Å². The molecule has 9 aromatic carbocycles. The second-order valence-electron chi connectivity index (χ2n) is 12.9. The topological polar surface area (TPSA) is 3.24 Å². The second kappa shape index (κ2) is 13.3. The fraction of sp³-hybridized carbons (Fsp3) is 0. The van der Waals surface area contributed by atoms with Gasteiger partial charge in [-0.2, -0.15) is 0 Å². The third-order valence-corrected chi connectivity index (χ3v) is 9.87. The highest BCUT2D eigenvalue weighted by molar-refractivity contribution is 6.04. The number of rotatable bonds is 7. The largest absolute Gasteiger partial charge is 0.310 e. The number of benzene rings is 9. The number of hydrogen-bond acceptors (Lipinski definition) is 1. The van der Waals surface area contributed by atoms with E-state index in [-0.39, 0.29) is 0 Å². The normalized spacial score (nSPS) is 11.1. The van der Waals surface area contributed by atoms with Crippen LogP contribution in [0, 0.1) is 0 Å². The minimum Gasteiger partial charge on any atom is -0.310 e. The highest BCUT2D eigenvalue weighted by Gasteiger charge is 2.18. The monoisotopic (exact) mass is 649 g/mol. The lowest BCUT2D eigenvalue weighted by Gasteiger charge is -2.28. The standard InChI is InChI=1S/C50H35N/c1-3-14-38(15-4-1)46-20-11-12-22-49(46)51(44-30-25-37(26-31-44)43-24-23-36-13-7-8-19-42(36)35-43)45-32-27-41(28-33-45)50-47-21-10-9-18-40(47)29-34-48(50)39-16-5-2-6-17-39/h1-35H. The molecule has 9 rings (SSSR count). The molecule has 0 aliphatic rings. The van der Waals surface area contributed by atoms with Gasteiger partial charge >= 0.3 is 0 Å². The van der Waals surface area contributed by atoms with E-state index >= 15 is 0 Å². The first-order chi connectivity index (χ1) is 25.3. The minimum atomic E-state index is 1.10. The molecule has 0 aromatic heterocycles. The minimum absolute atomic E-state index is 1.10. The summed E-state index contributed by atoms with van der Waals surface area (Å²) < 4.78 is 0. The molecule has 0 aliphatic heterocycles. The maximum atomic E-state index is 2.39. The molecule has 0 saturated carbocycles. The molecule has 1 heteroatoms. The van der Waals surface area contributed by atoms with Gasteiger partial charge in [0.1, 0.15) is 0 Å². The summed E-state index contributed by atoms with van der Waals surface area (Å²) in [6.07, 6.45) is 0. The van der Waals surface area contributed by atoms with Crippen LogP contribution in [0.5, 0.6) is 0 Å². The van der Waals surface area contributed by atoms with E-state index in [1.165, 1.54) is 66.1 Å². The van der Waals surface area contributed by atoms with Gasteiger partial charge in [-0.05, 0) is 96.9 Å². The Morgan fingerprint density at radius 3 is 1.49 bits per heavy atom. The van der Waals surface area contributed by atoms with Crippen molar-refractivity contribution in [3.05, 3.63) is 212 Å². The van der Waals surface area contributed by atoms with Crippen LogP contribution in [0.25, 0.3) is 66.1 Å². The number of para-hydroxylation sites is 1. The summed E-state index contributed by atoms with van der Waals surface area (Å²) in [5, 5.41) is 4.99. The Kier molecular flexibility index (Phi) is 7.92. The molecule has 0 saturated heterocycles. The Morgan fingerprint density at radius 1 is 0.275 bits per heavy atom. The zero-order valence-corrected chi connectivity index (χ0v) is 28.2. The van der Waals surface area contributed by atoms with Gasteiger partial charge < -0.3 is 4.90 Å². The van der Waals surface area contributed by atoms with Gasteiger partial charge in [0.15, 0.2) is 0 Å². The Morgan fingerprint density at radius 2 is 0.784 bits per heavy atom. The van der Waals surface area contributed by atoms with Gasteiger partial charge in [0.05, 0.1) is 5.69 Å². The second-order valence-corrected chi connectivity index (χ2v) is 12.9. The lowest BCUT2D eigenvalue weighted by Crippen LogP contribution is -2.11. The number of nitrogens with zero attached hydrogens (tertiary/aromatic N) is 1. The Balaban J connectivity index is 1.18. The fourth-order valence-corrected chi connectivity index (χ4v) is 7.35. The van der Waals surface area contributed by atoms with Crippen LogP contribution in [0.1, 0.15) is 0 Å². The van der Waals surface area contributed by atoms with Crippen LogP contribution >= 0.6 is 0 Å². The van der Waals surface area contributed by atoms with Crippen LogP contribution in [0.15, 0.2) is 212 Å². The maximum Gasteiger partial charge on any atom is 0.0540 e. The van der Waals surface area contributed by atoms with E-state index in [1.54, 1.807) is 0 Å². The summed E-state index contributed by atoms with van der Waals surface area (Å²) in [4.78, 5) is 2.39. The lowest BCUT2D eigenvalue weighted by molar-refractivity contribution is 1.28. The molecule has 0 atom stereocenters. The van der Waals surface area contributed by atoms with Gasteiger partial charge in [-0.3, -0.25) is 0 Å². The molecule has 0 unspecified atom stereocenters. The van der Waals surface area contributed by atoms with Crippen molar-refractivity contribution < 1.29 is 0 Å². The molecule has 9 aromatic rings. The van der Waals surface area contributed by atoms with Crippen LogP contribution in [0.4, 0.5) is 17.1 Å². The number of hydrogen-bond donors (Lipinski definition) is 0. The van der Waals surface area contributed by atoms with Crippen molar-refractivity contribution in [2.24, 2.45) is 0 Å². The summed E-state index contributed by atoms with van der Waals surface area (Å²) in [7, 11) is 0. The van der Waals surface area contributed by atoms with Gasteiger partial charge in [-0.15, -0.1) is 0 Å². The van der Waals surface area contributed by atoms with Crippen molar-refractivity contribution in [1.29, 1.82) is 0 Å². The van der Waals surface area contributed by atoms with E-state index in [4.69, 9.17) is 0 Å². The summed E-state index contributed by atoms with van der Waals surface area (Å²) in [5.41, 5.74) is 13.0. The van der Waals surface area contributed by atoms with Crippen LogP contribution in [-0.4, -0.2) is 0 Å². The molecule has 0 bridgehead atoms. The maximum absolute atomic E-state index is 2.39. The molecular weight excluding hydrogens is 615 g/mol. The van der Waals surface area contributed by atoms with Gasteiger partial charge in [0, 0.05) is 16.9 Å². The fourth-order valence-electron chi connectivity index (χ4n) is 7.35. The Hall–Kier alpha value is -6.70. The van der Waals surface area contributed by atoms with Crippen LogP contribution in [-0.2, 0) is 0 Å². The first-order valence-corrected chi connectivity index (χ1v) is 17.5. The lowest BCUT2D eigenvalue weighted by atomic mass is 9.89. The molecule has 51 heavy (non-hydrogen) atoms. The molecule has 0 radical (unpaired) electrons. The third kappa shape index (κ3) is 5.86. The Labute approximate surface area is 299 Å². The van der Waals surface area contributed by atoms with Crippen molar-refractivity contribution in [1.82, 2.24) is 0 Å². The molecule has 0 heterocycles. The highest BCUT2D eigenvalue weighted by atomic mass is 15.1. The van der Waals surface area contributed by atoms with E-state index < -0.39 is 0 Å². The van der Waals surface area contributed by atoms with Crippen molar-refractivity contribution >= 4 is 38.6 Å². The van der Waals surface area contributed by atoms with E-state index in [9.17, 15) is 0 Å². The summed E-state index contributed by atoms with van der Waals surface area (Å²) in [6, 6.07) is 76.6. The van der Waals surface area contributed by atoms with Gasteiger partial charge in [-0.1, -0.05) is 176 Å². The van der Waals surface area contributed by atoms with Crippen molar-refractivity contribution in [2.75, 3.05) is 4.90 Å². The highest BCUT2D eigenvalue weighted by Crippen LogP contribution is 2.43. The average molecular weight is 650 g/mol. The van der Waals surface area contributed by atoms with Gasteiger partial charge in [0.2, 0.25) is 0 Å². The number of anilines is 3. The van der Waals surface area contributed by atoms with E-state index in [2.05, 4.69) is 217 Å². The molecular formula is C50H35N. The molecule has 0 fully saturated rings. The zero-order chi connectivity index (χ0) is 34.0. The molecule has 0 aliphatic carbocycles. The van der Waals surface area contributed by atoms with Gasteiger partial charge in [0.25, 0.3) is 0 Å². The average Bonchev–Trinajstić information content (AvgIpc) is 3.22. The third-order valence-electron chi connectivity index (χ3n) is 9.87. The van der Waals surface area contributed by atoms with Crippen molar-refractivity contribution in [3.63, 3.8) is 0 Å². The van der Waals surface area contributed by atoms with Crippen molar-refractivity contribution in [2.45, 2.75) is 0 Å². The first-order valence-electron chi connectivity index (χ1n) is 17.5. The summed E-state index contributed by atoms with van der Waals surface area (Å²) >= 11 is 0. The SMILES string of the molecule is c1ccc(-c2ccccc2N(c2ccc(-c3ccc4ccccc4c3)cc2)c2ccc(-c3c(-c4ccccc4)ccc4ccccc34)cc2)cc1. The zero-order valence-electron chi connectivity index (χ0n) is 28.2. The van der Waals surface area contributed by atoms with Crippen LogP contribution in [0.3, 0.4) is 0 Å². The molecule has 0 amide bonds. The Bertz CT molecular complexity index is 2600.